The molecule has 0 saturated heterocycles. The van der Waals surface area contributed by atoms with E-state index in [9.17, 15) is 10.1 Å². The fraction of sp³-hybridized carbons (Fsp3) is 0.154. The maximum Gasteiger partial charge on any atom is 0.273 e. The number of nitrogens with one attached hydrogen (secondary N) is 1. The number of non-ortho nitro benzene ring substituents is 1. The van der Waals surface area contributed by atoms with Gasteiger partial charge >= 0.3 is 0 Å². The Morgan fingerprint density at radius 2 is 2.11 bits per heavy atom. The number of nitro groups is 1. The number of hydrogen-bond acceptors (Lipinski definition) is 5. The van der Waals surface area contributed by atoms with Crippen LogP contribution in [0.4, 0.5) is 11.5 Å². The molecule has 0 aliphatic carbocycles. The average Bonchev–Trinajstić information content (AvgIpc) is 2.40. The van der Waals surface area contributed by atoms with Crippen LogP contribution in [0.25, 0.3) is 0 Å². The first-order valence-corrected chi connectivity index (χ1v) is 5.81. The zero-order chi connectivity index (χ0) is 13.7. The molecule has 0 fully saturated rings. The summed E-state index contributed by atoms with van der Waals surface area (Å²) in [5.41, 5.74) is -0.00142. The van der Waals surface area contributed by atoms with E-state index < -0.39 is 4.92 Å². The molecule has 1 aromatic carbocycles. The Kier molecular flexibility index (Phi) is 3.92. The number of hydrogen-bond donors (Lipinski definition) is 1. The first kappa shape index (κ1) is 12.8. The number of anilines is 1. The summed E-state index contributed by atoms with van der Waals surface area (Å²) in [5.74, 6) is 1.69. The van der Waals surface area contributed by atoms with E-state index in [1.54, 1.807) is 30.5 Å². The SMILES string of the molecule is CCNc1cc(Oc2cccc([N+](=O)[O-])c2)ccn1. The van der Waals surface area contributed by atoms with Gasteiger partial charge in [-0.1, -0.05) is 6.07 Å². The molecule has 0 unspecified atom stereocenters. The Labute approximate surface area is 110 Å². The van der Waals surface area contributed by atoms with Crippen molar-refractivity contribution in [3.05, 3.63) is 52.7 Å². The van der Waals surface area contributed by atoms with Gasteiger partial charge < -0.3 is 10.1 Å². The third kappa shape index (κ3) is 3.41. The van der Waals surface area contributed by atoms with Gasteiger partial charge in [0.05, 0.1) is 11.0 Å². The minimum Gasteiger partial charge on any atom is -0.457 e. The lowest BCUT2D eigenvalue weighted by molar-refractivity contribution is -0.384. The summed E-state index contributed by atoms with van der Waals surface area (Å²) in [5, 5.41) is 13.7. The molecular weight excluding hydrogens is 246 g/mol. The van der Waals surface area contributed by atoms with Crippen LogP contribution in [-0.4, -0.2) is 16.5 Å². The number of aromatic nitrogens is 1. The lowest BCUT2D eigenvalue weighted by atomic mass is 10.3. The molecule has 0 atom stereocenters. The van der Waals surface area contributed by atoms with Gasteiger partial charge in [-0.25, -0.2) is 4.98 Å². The van der Waals surface area contributed by atoms with E-state index >= 15 is 0 Å². The first-order chi connectivity index (χ1) is 9.19. The van der Waals surface area contributed by atoms with Crippen molar-refractivity contribution in [3.8, 4) is 11.5 Å². The highest BCUT2D eigenvalue weighted by atomic mass is 16.6. The molecule has 0 spiro atoms. The summed E-state index contributed by atoms with van der Waals surface area (Å²) in [6.07, 6.45) is 1.62. The molecule has 6 nitrogen and oxygen atoms in total. The lowest BCUT2D eigenvalue weighted by Gasteiger charge is -2.07. The molecule has 19 heavy (non-hydrogen) atoms. The van der Waals surface area contributed by atoms with E-state index in [0.717, 1.165) is 6.54 Å². The topological polar surface area (TPSA) is 77.3 Å². The van der Waals surface area contributed by atoms with E-state index in [-0.39, 0.29) is 5.69 Å². The Hall–Kier alpha value is -2.63. The molecule has 2 aromatic rings. The molecular formula is C13H13N3O3. The van der Waals surface area contributed by atoms with Gasteiger partial charge in [0, 0.05) is 24.9 Å². The molecule has 0 aliphatic heterocycles. The second-order valence-electron chi connectivity index (χ2n) is 3.76. The van der Waals surface area contributed by atoms with Crippen LogP contribution < -0.4 is 10.1 Å². The van der Waals surface area contributed by atoms with E-state index in [4.69, 9.17) is 4.74 Å². The fourth-order valence-electron chi connectivity index (χ4n) is 1.55. The van der Waals surface area contributed by atoms with Crippen LogP contribution in [0.5, 0.6) is 11.5 Å². The quantitative estimate of drug-likeness (QED) is 0.659. The van der Waals surface area contributed by atoms with Gasteiger partial charge in [0.25, 0.3) is 5.69 Å². The molecule has 0 radical (unpaired) electrons. The standard InChI is InChI=1S/C13H13N3O3/c1-2-14-13-9-12(6-7-15-13)19-11-5-3-4-10(8-11)16(17)18/h3-9H,2H2,1H3,(H,14,15). The summed E-state index contributed by atoms with van der Waals surface area (Å²) in [6.45, 7) is 2.73. The van der Waals surface area contributed by atoms with Crippen LogP contribution in [0.1, 0.15) is 6.92 Å². The number of pyridine rings is 1. The predicted molar refractivity (Wildman–Crippen MR) is 71.6 cm³/mol. The monoisotopic (exact) mass is 259 g/mol. The highest BCUT2D eigenvalue weighted by Crippen LogP contribution is 2.25. The molecule has 1 heterocycles. The summed E-state index contributed by atoms with van der Waals surface area (Å²) < 4.78 is 5.57. The second kappa shape index (κ2) is 5.81. The predicted octanol–water partition coefficient (Wildman–Crippen LogP) is 3.21. The van der Waals surface area contributed by atoms with Gasteiger partial charge in [-0.2, -0.15) is 0 Å². The third-order valence-electron chi connectivity index (χ3n) is 2.35. The van der Waals surface area contributed by atoms with E-state index in [2.05, 4.69) is 10.3 Å². The summed E-state index contributed by atoms with van der Waals surface area (Å²) in [7, 11) is 0. The minimum atomic E-state index is -0.455. The molecule has 0 saturated carbocycles. The average molecular weight is 259 g/mol. The maximum absolute atomic E-state index is 10.7. The molecule has 2 rings (SSSR count). The van der Waals surface area contributed by atoms with Gasteiger partial charge in [-0.3, -0.25) is 10.1 Å². The molecule has 6 heteroatoms. The van der Waals surface area contributed by atoms with E-state index in [0.29, 0.717) is 17.3 Å². The molecule has 0 bridgehead atoms. The third-order valence-corrected chi connectivity index (χ3v) is 2.35. The van der Waals surface area contributed by atoms with Gasteiger partial charge in [-0.05, 0) is 19.1 Å². The zero-order valence-corrected chi connectivity index (χ0v) is 10.4. The van der Waals surface area contributed by atoms with Crippen LogP contribution in [0.15, 0.2) is 42.6 Å². The number of rotatable bonds is 5. The first-order valence-electron chi connectivity index (χ1n) is 5.81. The second-order valence-corrected chi connectivity index (χ2v) is 3.76. The molecule has 98 valence electrons. The summed E-state index contributed by atoms with van der Waals surface area (Å²) in [6, 6.07) is 9.49. The fourth-order valence-corrected chi connectivity index (χ4v) is 1.55. The van der Waals surface area contributed by atoms with Crippen molar-refractivity contribution in [1.29, 1.82) is 0 Å². The highest BCUT2D eigenvalue weighted by molar-refractivity contribution is 5.44. The lowest BCUT2D eigenvalue weighted by Crippen LogP contribution is -1.98. The van der Waals surface area contributed by atoms with E-state index in [1.165, 1.54) is 12.1 Å². The molecule has 1 aromatic heterocycles. The van der Waals surface area contributed by atoms with E-state index in [1.807, 2.05) is 6.92 Å². The smallest absolute Gasteiger partial charge is 0.273 e. The van der Waals surface area contributed by atoms with Crippen molar-refractivity contribution >= 4 is 11.5 Å². The van der Waals surface area contributed by atoms with Crippen LogP contribution in [0.3, 0.4) is 0 Å². The van der Waals surface area contributed by atoms with Gasteiger partial charge in [-0.15, -0.1) is 0 Å². The van der Waals surface area contributed by atoms with Crippen molar-refractivity contribution in [2.24, 2.45) is 0 Å². The van der Waals surface area contributed by atoms with Crippen LogP contribution in [-0.2, 0) is 0 Å². The maximum atomic E-state index is 10.7. The van der Waals surface area contributed by atoms with Crippen molar-refractivity contribution in [1.82, 2.24) is 4.98 Å². The zero-order valence-electron chi connectivity index (χ0n) is 10.4. The number of ether oxygens (including phenoxy) is 1. The Bertz CT molecular complexity index is 587. The number of benzene rings is 1. The van der Waals surface area contributed by atoms with Crippen LogP contribution in [0, 0.1) is 10.1 Å². The number of nitrogens with zero attached hydrogens (tertiary/aromatic N) is 2. The normalized spacial score (nSPS) is 9.95. The largest absolute Gasteiger partial charge is 0.457 e. The minimum absolute atomic E-state index is 0.00142. The molecule has 0 aliphatic rings. The van der Waals surface area contributed by atoms with Crippen molar-refractivity contribution in [2.45, 2.75) is 6.92 Å². The van der Waals surface area contributed by atoms with Crippen molar-refractivity contribution in [2.75, 3.05) is 11.9 Å². The Morgan fingerprint density at radius 3 is 2.84 bits per heavy atom. The Morgan fingerprint density at radius 1 is 1.32 bits per heavy atom. The van der Waals surface area contributed by atoms with Crippen molar-refractivity contribution in [3.63, 3.8) is 0 Å². The summed E-state index contributed by atoms with van der Waals surface area (Å²) in [4.78, 5) is 14.3. The van der Waals surface area contributed by atoms with Crippen molar-refractivity contribution < 1.29 is 9.66 Å². The van der Waals surface area contributed by atoms with Gasteiger partial charge in [0.15, 0.2) is 0 Å². The van der Waals surface area contributed by atoms with Gasteiger partial charge in [0.1, 0.15) is 17.3 Å². The molecule has 0 amide bonds. The highest BCUT2D eigenvalue weighted by Gasteiger charge is 2.07. The summed E-state index contributed by atoms with van der Waals surface area (Å²) >= 11 is 0. The number of nitro benzene ring substituents is 1. The van der Waals surface area contributed by atoms with Crippen LogP contribution in [0.2, 0.25) is 0 Å². The Balaban J connectivity index is 2.18. The van der Waals surface area contributed by atoms with Crippen LogP contribution >= 0.6 is 0 Å². The molecule has 1 N–H and O–H groups in total. The van der Waals surface area contributed by atoms with Gasteiger partial charge in [0.2, 0.25) is 0 Å².